The lowest BCUT2D eigenvalue weighted by molar-refractivity contribution is 0.777. The molecule has 134 valence electrons. The van der Waals surface area contributed by atoms with Gasteiger partial charge in [0.15, 0.2) is 5.96 Å². The smallest absolute Gasteiger partial charge is 0.191 e. The van der Waals surface area contributed by atoms with E-state index in [2.05, 4.69) is 51.7 Å². The molecule has 2 heterocycles. The normalized spacial score (nSPS) is 11.5. The average molecular weight is 479 g/mol. The van der Waals surface area contributed by atoms with E-state index in [1.165, 1.54) is 9.88 Å². The first-order valence-electron chi connectivity index (χ1n) is 7.94. The lowest BCUT2D eigenvalue weighted by Crippen LogP contribution is -2.37. The lowest BCUT2D eigenvalue weighted by atomic mass is 10.2. The van der Waals surface area contributed by atoms with Crippen LogP contribution in [0.2, 0.25) is 0 Å². The number of thiazole rings is 2. The van der Waals surface area contributed by atoms with Crippen LogP contribution in [0.15, 0.2) is 16.6 Å². The van der Waals surface area contributed by atoms with Crippen molar-refractivity contribution in [3.63, 3.8) is 0 Å². The standard InChI is InChI=1S/C16H25N5S2.HI/c1-5-12-8-19-14(23-12)6-7-18-16(17-4)20-9-15-21-13(10-22-15)11(2)3;/h8,10-11H,5-7,9H2,1-4H3,(H2,17,18,20);1H. The molecule has 0 aliphatic heterocycles. The molecular formula is C16H26IN5S2. The van der Waals surface area contributed by atoms with Crippen LogP contribution in [0, 0.1) is 0 Å². The Balaban J connectivity index is 0.00000288. The fraction of sp³-hybridized carbons (Fsp3) is 0.562. The molecule has 0 amide bonds. The highest BCUT2D eigenvalue weighted by molar-refractivity contribution is 14.0. The van der Waals surface area contributed by atoms with Gasteiger partial charge in [0.2, 0.25) is 0 Å². The van der Waals surface area contributed by atoms with E-state index in [1.807, 2.05) is 6.20 Å². The van der Waals surface area contributed by atoms with E-state index >= 15 is 0 Å². The summed E-state index contributed by atoms with van der Waals surface area (Å²) in [6.45, 7) is 8.01. The van der Waals surface area contributed by atoms with Crippen molar-refractivity contribution in [2.24, 2.45) is 4.99 Å². The Morgan fingerprint density at radius 3 is 2.67 bits per heavy atom. The quantitative estimate of drug-likeness (QED) is 0.360. The van der Waals surface area contributed by atoms with Gasteiger partial charge in [0, 0.05) is 36.5 Å². The predicted octanol–water partition coefficient (Wildman–Crippen LogP) is 3.81. The van der Waals surface area contributed by atoms with Crippen molar-refractivity contribution in [2.75, 3.05) is 13.6 Å². The number of aromatic nitrogens is 2. The maximum absolute atomic E-state index is 4.62. The number of rotatable bonds is 7. The summed E-state index contributed by atoms with van der Waals surface area (Å²) < 4.78 is 0. The number of aryl methyl sites for hydroxylation is 1. The molecule has 0 unspecified atom stereocenters. The number of hydrogen-bond donors (Lipinski definition) is 2. The summed E-state index contributed by atoms with van der Waals surface area (Å²) in [6, 6.07) is 0. The van der Waals surface area contributed by atoms with Crippen molar-refractivity contribution >= 4 is 52.6 Å². The fourth-order valence-corrected chi connectivity index (χ4v) is 3.72. The van der Waals surface area contributed by atoms with Crippen molar-refractivity contribution < 1.29 is 0 Å². The van der Waals surface area contributed by atoms with Gasteiger partial charge in [-0.15, -0.1) is 46.7 Å². The largest absolute Gasteiger partial charge is 0.356 e. The molecule has 2 rings (SSSR count). The summed E-state index contributed by atoms with van der Waals surface area (Å²) in [4.78, 5) is 14.6. The third-order valence-electron chi connectivity index (χ3n) is 3.37. The minimum absolute atomic E-state index is 0. The molecule has 0 aliphatic carbocycles. The van der Waals surface area contributed by atoms with Crippen LogP contribution in [-0.4, -0.2) is 29.5 Å². The zero-order valence-corrected chi connectivity index (χ0v) is 18.6. The molecule has 5 nitrogen and oxygen atoms in total. The summed E-state index contributed by atoms with van der Waals surface area (Å²) in [6.07, 6.45) is 3.95. The molecule has 2 aromatic heterocycles. The number of hydrogen-bond acceptors (Lipinski definition) is 5. The summed E-state index contributed by atoms with van der Waals surface area (Å²) in [7, 11) is 1.79. The van der Waals surface area contributed by atoms with Crippen molar-refractivity contribution in [3.8, 4) is 0 Å². The van der Waals surface area contributed by atoms with Gasteiger partial charge >= 0.3 is 0 Å². The number of aliphatic imine (C=N–C) groups is 1. The third kappa shape index (κ3) is 6.64. The number of guanidine groups is 1. The zero-order chi connectivity index (χ0) is 16.7. The Morgan fingerprint density at radius 1 is 1.29 bits per heavy atom. The van der Waals surface area contributed by atoms with Gasteiger partial charge in [0.05, 0.1) is 17.2 Å². The highest BCUT2D eigenvalue weighted by Crippen LogP contribution is 2.17. The maximum Gasteiger partial charge on any atom is 0.191 e. The molecule has 0 fully saturated rings. The molecule has 0 atom stereocenters. The van der Waals surface area contributed by atoms with Crippen LogP contribution in [0.5, 0.6) is 0 Å². The molecule has 0 aromatic carbocycles. The van der Waals surface area contributed by atoms with Crippen LogP contribution in [0.4, 0.5) is 0 Å². The Hall–Kier alpha value is -0.740. The van der Waals surface area contributed by atoms with Crippen LogP contribution in [0.3, 0.4) is 0 Å². The minimum Gasteiger partial charge on any atom is -0.356 e. The second kappa shape index (κ2) is 11.0. The minimum atomic E-state index is 0. The molecule has 2 N–H and O–H groups in total. The maximum atomic E-state index is 4.62. The molecule has 0 saturated heterocycles. The first kappa shape index (κ1) is 21.3. The Bertz CT molecular complexity index is 636. The summed E-state index contributed by atoms with van der Waals surface area (Å²) in [5.74, 6) is 1.28. The molecule has 0 spiro atoms. The second-order valence-corrected chi connectivity index (χ2v) is 7.64. The first-order chi connectivity index (χ1) is 11.1. The van der Waals surface area contributed by atoms with Crippen LogP contribution in [-0.2, 0) is 19.4 Å². The molecule has 0 aliphatic rings. The molecular weight excluding hydrogens is 453 g/mol. The van der Waals surface area contributed by atoms with Gasteiger partial charge in [-0.05, 0) is 12.3 Å². The Labute approximate surface area is 169 Å². The first-order valence-corrected chi connectivity index (χ1v) is 9.64. The van der Waals surface area contributed by atoms with Gasteiger partial charge in [-0.2, -0.15) is 0 Å². The van der Waals surface area contributed by atoms with Gasteiger partial charge < -0.3 is 10.6 Å². The highest BCUT2D eigenvalue weighted by atomic mass is 127. The molecule has 24 heavy (non-hydrogen) atoms. The van der Waals surface area contributed by atoms with Gasteiger partial charge in [0.1, 0.15) is 5.01 Å². The SMILES string of the molecule is CCc1cnc(CCNC(=NC)NCc2nc(C(C)C)cs2)s1.I. The molecule has 0 saturated carbocycles. The van der Waals surface area contributed by atoms with Gasteiger partial charge in [-0.3, -0.25) is 4.99 Å². The molecule has 0 bridgehead atoms. The van der Waals surface area contributed by atoms with Crippen LogP contribution in [0.1, 0.15) is 47.3 Å². The van der Waals surface area contributed by atoms with Crippen molar-refractivity contribution in [3.05, 3.63) is 32.2 Å². The molecule has 2 aromatic rings. The summed E-state index contributed by atoms with van der Waals surface area (Å²) in [5, 5.41) is 11.0. The van der Waals surface area contributed by atoms with Crippen LogP contribution in [0.25, 0.3) is 0 Å². The van der Waals surface area contributed by atoms with Crippen LogP contribution >= 0.6 is 46.7 Å². The molecule has 8 heteroatoms. The van der Waals surface area contributed by atoms with Gasteiger partial charge in [-0.25, -0.2) is 9.97 Å². The van der Waals surface area contributed by atoms with E-state index < -0.39 is 0 Å². The monoisotopic (exact) mass is 479 g/mol. The number of halogens is 1. The number of nitrogens with one attached hydrogen (secondary N) is 2. The van der Waals surface area contributed by atoms with E-state index in [4.69, 9.17) is 0 Å². The predicted molar refractivity (Wildman–Crippen MR) is 115 cm³/mol. The highest BCUT2D eigenvalue weighted by Gasteiger charge is 2.06. The van der Waals surface area contributed by atoms with Crippen molar-refractivity contribution in [1.29, 1.82) is 0 Å². The second-order valence-electron chi connectivity index (χ2n) is 5.50. The zero-order valence-electron chi connectivity index (χ0n) is 14.6. The molecule has 0 radical (unpaired) electrons. The van der Waals surface area contributed by atoms with E-state index in [0.29, 0.717) is 12.5 Å². The lowest BCUT2D eigenvalue weighted by Gasteiger charge is -2.10. The topological polar surface area (TPSA) is 62.2 Å². The van der Waals surface area contributed by atoms with Gasteiger partial charge in [0.25, 0.3) is 0 Å². The van der Waals surface area contributed by atoms with Crippen molar-refractivity contribution in [1.82, 2.24) is 20.6 Å². The Morgan fingerprint density at radius 2 is 2.08 bits per heavy atom. The van der Waals surface area contributed by atoms with E-state index in [-0.39, 0.29) is 24.0 Å². The van der Waals surface area contributed by atoms with E-state index in [0.717, 1.165) is 36.0 Å². The average Bonchev–Trinajstić information content (AvgIpc) is 3.19. The third-order valence-corrected chi connectivity index (χ3v) is 5.44. The van der Waals surface area contributed by atoms with Crippen LogP contribution < -0.4 is 10.6 Å². The fourth-order valence-electron chi connectivity index (χ4n) is 1.97. The summed E-state index contributed by atoms with van der Waals surface area (Å²) >= 11 is 3.48. The van der Waals surface area contributed by atoms with E-state index in [9.17, 15) is 0 Å². The van der Waals surface area contributed by atoms with E-state index in [1.54, 1.807) is 29.7 Å². The van der Waals surface area contributed by atoms with Gasteiger partial charge in [-0.1, -0.05) is 20.8 Å². The Kier molecular flexibility index (Phi) is 9.75. The number of nitrogens with zero attached hydrogens (tertiary/aromatic N) is 3. The van der Waals surface area contributed by atoms with Crippen molar-refractivity contribution in [2.45, 2.75) is 46.1 Å². The summed E-state index contributed by atoms with van der Waals surface area (Å²) in [5.41, 5.74) is 1.16.